The zero-order valence-corrected chi connectivity index (χ0v) is 12.3. The lowest BCUT2D eigenvalue weighted by atomic mass is 10.1. The Morgan fingerprint density at radius 2 is 2.17 bits per heavy atom. The average molecular weight is 362 g/mol. The second-order valence-corrected chi connectivity index (χ2v) is 5.01. The Labute approximate surface area is 119 Å². The first-order valence-electron chi connectivity index (χ1n) is 5.65. The van der Waals surface area contributed by atoms with E-state index in [4.69, 9.17) is 0 Å². The number of hydrogen-bond donors (Lipinski definition) is 1. The van der Waals surface area contributed by atoms with E-state index in [1.807, 2.05) is 0 Å². The van der Waals surface area contributed by atoms with Crippen molar-refractivity contribution >= 4 is 34.2 Å². The van der Waals surface area contributed by atoms with Crippen molar-refractivity contribution in [1.82, 2.24) is 5.32 Å². The molecule has 1 aromatic rings. The van der Waals surface area contributed by atoms with Gasteiger partial charge >= 0.3 is 0 Å². The Balaban J connectivity index is 2.77. The predicted octanol–water partition coefficient (Wildman–Crippen LogP) is 2.85. The molecule has 1 rings (SSSR count). The molecule has 18 heavy (non-hydrogen) atoms. The Bertz CT molecular complexity index is 449. The van der Waals surface area contributed by atoms with Gasteiger partial charge < -0.3 is 5.32 Å². The van der Waals surface area contributed by atoms with Crippen molar-refractivity contribution in [3.63, 3.8) is 0 Å². The number of nitrogens with zero attached hydrogens (tertiary/aromatic N) is 1. The van der Waals surface area contributed by atoms with Crippen LogP contribution in [0, 0.1) is 17.0 Å². The highest BCUT2D eigenvalue weighted by Crippen LogP contribution is 2.19. The second-order valence-electron chi connectivity index (χ2n) is 3.93. The number of alkyl halides is 1. The van der Waals surface area contributed by atoms with Crippen molar-refractivity contribution in [1.29, 1.82) is 0 Å². The molecule has 0 aliphatic rings. The van der Waals surface area contributed by atoms with E-state index in [-0.39, 0.29) is 17.2 Å². The van der Waals surface area contributed by atoms with Crippen molar-refractivity contribution < 1.29 is 9.72 Å². The number of halogens is 1. The second kappa shape index (κ2) is 7.30. The predicted molar refractivity (Wildman–Crippen MR) is 78.3 cm³/mol. The van der Waals surface area contributed by atoms with E-state index in [2.05, 4.69) is 27.9 Å². The van der Waals surface area contributed by atoms with Gasteiger partial charge in [0.15, 0.2) is 0 Å². The number of carbonyl (C=O) groups excluding carboxylic acids is 1. The van der Waals surface area contributed by atoms with Crippen LogP contribution < -0.4 is 5.32 Å². The number of hydrogen-bond acceptors (Lipinski definition) is 3. The van der Waals surface area contributed by atoms with Crippen LogP contribution in [0.2, 0.25) is 0 Å². The third kappa shape index (κ3) is 4.25. The minimum atomic E-state index is -0.529. The standard InChI is InChI=1S/C12H15IN2O3/c1-9-4-5-11(15(17)18)10(8-9)12(16)14-7-3-2-6-13/h4-5,8H,2-3,6-7H2,1H3,(H,14,16). The van der Waals surface area contributed by atoms with Gasteiger partial charge in [0, 0.05) is 12.6 Å². The smallest absolute Gasteiger partial charge is 0.282 e. The molecule has 0 unspecified atom stereocenters. The maximum atomic E-state index is 11.9. The molecular weight excluding hydrogens is 347 g/mol. The highest BCUT2D eigenvalue weighted by molar-refractivity contribution is 14.1. The number of nitro groups is 1. The van der Waals surface area contributed by atoms with Crippen LogP contribution in [-0.4, -0.2) is 21.8 Å². The van der Waals surface area contributed by atoms with E-state index in [9.17, 15) is 14.9 Å². The number of benzene rings is 1. The first-order valence-corrected chi connectivity index (χ1v) is 7.18. The van der Waals surface area contributed by atoms with Crippen LogP contribution >= 0.6 is 22.6 Å². The van der Waals surface area contributed by atoms with Gasteiger partial charge in [-0.15, -0.1) is 0 Å². The van der Waals surface area contributed by atoms with Crippen LogP contribution in [0.4, 0.5) is 5.69 Å². The van der Waals surface area contributed by atoms with Gasteiger partial charge in [-0.25, -0.2) is 0 Å². The zero-order valence-electron chi connectivity index (χ0n) is 10.1. The van der Waals surface area contributed by atoms with E-state index in [1.165, 1.54) is 6.07 Å². The molecule has 0 saturated heterocycles. The molecule has 5 nitrogen and oxygen atoms in total. The molecule has 0 aromatic heterocycles. The molecule has 0 spiro atoms. The lowest BCUT2D eigenvalue weighted by molar-refractivity contribution is -0.385. The number of nitrogens with one attached hydrogen (secondary N) is 1. The van der Waals surface area contributed by atoms with Crippen molar-refractivity contribution in [2.45, 2.75) is 19.8 Å². The van der Waals surface area contributed by atoms with Crippen LogP contribution in [0.3, 0.4) is 0 Å². The van der Waals surface area contributed by atoms with Gasteiger partial charge in [0.25, 0.3) is 11.6 Å². The largest absolute Gasteiger partial charge is 0.352 e. The number of amides is 1. The number of aryl methyl sites for hydroxylation is 1. The average Bonchev–Trinajstić information content (AvgIpc) is 2.34. The summed E-state index contributed by atoms with van der Waals surface area (Å²) >= 11 is 2.27. The maximum absolute atomic E-state index is 11.9. The highest BCUT2D eigenvalue weighted by Gasteiger charge is 2.19. The highest BCUT2D eigenvalue weighted by atomic mass is 127. The molecule has 1 aromatic carbocycles. The van der Waals surface area contributed by atoms with Gasteiger partial charge in [-0.05, 0) is 35.8 Å². The monoisotopic (exact) mass is 362 g/mol. The zero-order chi connectivity index (χ0) is 13.5. The lowest BCUT2D eigenvalue weighted by Crippen LogP contribution is -2.25. The molecule has 1 N–H and O–H groups in total. The fraction of sp³-hybridized carbons (Fsp3) is 0.417. The van der Waals surface area contributed by atoms with Crippen LogP contribution in [-0.2, 0) is 0 Å². The van der Waals surface area contributed by atoms with Crippen LogP contribution in [0.25, 0.3) is 0 Å². The summed E-state index contributed by atoms with van der Waals surface area (Å²) in [5, 5.41) is 13.5. The molecular formula is C12H15IN2O3. The summed E-state index contributed by atoms with van der Waals surface area (Å²) in [6, 6.07) is 4.55. The normalized spacial score (nSPS) is 10.1. The van der Waals surface area contributed by atoms with Crippen molar-refractivity contribution in [2.24, 2.45) is 0 Å². The summed E-state index contributed by atoms with van der Waals surface area (Å²) in [6.45, 7) is 2.35. The van der Waals surface area contributed by atoms with Crippen LogP contribution in [0.1, 0.15) is 28.8 Å². The van der Waals surface area contributed by atoms with Crippen LogP contribution in [0.5, 0.6) is 0 Å². The molecule has 0 aliphatic carbocycles. The Hall–Kier alpha value is -1.18. The lowest BCUT2D eigenvalue weighted by Gasteiger charge is -2.06. The Morgan fingerprint density at radius 3 is 2.78 bits per heavy atom. The molecule has 0 fully saturated rings. The van der Waals surface area contributed by atoms with E-state index in [0.717, 1.165) is 22.8 Å². The van der Waals surface area contributed by atoms with Gasteiger partial charge in [-0.1, -0.05) is 28.7 Å². The van der Waals surface area contributed by atoms with Crippen molar-refractivity contribution in [3.8, 4) is 0 Å². The summed E-state index contributed by atoms with van der Waals surface area (Å²) in [5.41, 5.74) is 0.819. The topological polar surface area (TPSA) is 72.2 Å². The van der Waals surface area contributed by atoms with Crippen LogP contribution in [0.15, 0.2) is 18.2 Å². The molecule has 0 atom stereocenters. The Morgan fingerprint density at radius 1 is 1.44 bits per heavy atom. The van der Waals surface area contributed by atoms with E-state index >= 15 is 0 Å². The summed E-state index contributed by atoms with van der Waals surface area (Å²) < 4.78 is 1.04. The van der Waals surface area contributed by atoms with E-state index in [0.29, 0.717) is 6.54 Å². The first-order chi connectivity index (χ1) is 8.56. The summed E-state index contributed by atoms with van der Waals surface area (Å²) in [6.07, 6.45) is 1.91. The number of rotatable bonds is 6. The molecule has 98 valence electrons. The molecule has 0 saturated carbocycles. The number of carbonyl (C=O) groups is 1. The molecule has 1 amide bonds. The quantitative estimate of drug-likeness (QED) is 0.278. The number of nitro benzene ring substituents is 1. The molecule has 0 heterocycles. The Kier molecular flexibility index (Phi) is 6.03. The minimum absolute atomic E-state index is 0.134. The third-order valence-corrected chi connectivity index (χ3v) is 3.20. The third-order valence-electron chi connectivity index (χ3n) is 2.44. The summed E-state index contributed by atoms with van der Waals surface area (Å²) in [4.78, 5) is 22.2. The van der Waals surface area contributed by atoms with Gasteiger partial charge in [0.05, 0.1) is 4.92 Å². The van der Waals surface area contributed by atoms with Crippen molar-refractivity contribution in [3.05, 3.63) is 39.4 Å². The fourth-order valence-corrected chi connectivity index (χ4v) is 2.05. The van der Waals surface area contributed by atoms with Gasteiger partial charge in [-0.2, -0.15) is 0 Å². The van der Waals surface area contributed by atoms with E-state index in [1.54, 1.807) is 19.1 Å². The maximum Gasteiger partial charge on any atom is 0.282 e. The molecule has 6 heteroatoms. The molecule has 0 aliphatic heterocycles. The SMILES string of the molecule is Cc1ccc([N+](=O)[O-])c(C(=O)NCCCCI)c1. The minimum Gasteiger partial charge on any atom is -0.352 e. The van der Waals surface area contributed by atoms with E-state index < -0.39 is 4.92 Å². The molecule has 0 radical (unpaired) electrons. The number of unbranched alkanes of at least 4 members (excludes halogenated alkanes) is 1. The van der Waals surface area contributed by atoms with Gasteiger partial charge in [0.2, 0.25) is 0 Å². The first kappa shape index (κ1) is 14.9. The summed E-state index contributed by atoms with van der Waals surface area (Å²) in [7, 11) is 0. The fourth-order valence-electron chi connectivity index (χ4n) is 1.51. The molecule has 0 bridgehead atoms. The van der Waals surface area contributed by atoms with Crippen molar-refractivity contribution in [2.75, 3.05) is 11.0 Å². The summed E-state index contributed by atoms with van der Waals surface area (Å²) in [5.74, 6) is -0.376. The van der Waals surface area contributed by atoms with Gasteiger partial charge in [-0.3, -0.25) is 14.9 Å². The van der Waals surface area contributed by atoms with Gasteiger partial charge in [0.1, 0.15) is 5.56 Å².